The van der Waals surface area contributed by atoms with Gasteiger partial charge in [-0.1, -0.05) is 30.3 Å². The molecule has 1 aromatic carbocycles. The molecule has 0 aliphatic heterocycles. The number of H-pyrrole nitrogens is 1. The lowest BCUT2D eigenvalue weighted by atomic mass is 9.96. The lowest BCUT2D eigenvalue weighted by Crippen LogP contribution is -2.35. The zero-order chi connectivity index (χ0) is 15.3. The fourth-order valence-electron chi connectivity index (χ4n) is 2.12. The van der Waals surface area contributed by atoms with Crippen molar-refractivity contribution in [3.05, 3.63) is 59.4 Å². The second-order valence-electron chi connectivity index (χ2n) is 5.16. The Balaban J connectivity index is 1.89. The molecule has 0 aliphatic rings. The Labute approximate surface area is 124 Å². The van der Waals surface area contributed by atoms with Crippen molar-refractivity contribution in [1.29, 1.82) is 0 Å². The van der Waals surface area contributed by atoms with Crippen molar-refractivity contribution in [3.63, 3.8) is 0 Å². The van der Waals surface area contributed by atoms with Crippen LogP contribution in [0, 0.1) is 0 Å². The van der Waals surface area contributed by atoms with E-state index >= 15 is 0 Å². The van der Waals surface area contributed by atoms with Crippen LogP contribution in [0.1, 0.15) is 28.5 Å². The fraction of sp³-hybridized carbons (Fsp3) is 0.312. The number of methoxy groups -OCH3 is 1. The van der Waals surface area contributed by atoms with E-state index in [4.69, 9.17) is 0 Å². The minimum atomic E-state index is -0.942. The Bertz CT molecular complexity index is 591. The van der Waals surface area contributed by atoms with Crippen LogP contribution in [0.25, 0.3) is 0 Å². The zero-order valence-electron chi connectivity index (χ0n) is 12.2. The van der Waals surface area contributed by atoms with Crippen molar-refractivity contribution in [3.8, 4) is 0 Å². The summed E-state index contributed by atoms with van der Waals surface area (Å²) in [5.74, 6) is -0.391. The molecule has 0 radical (unpaired) electrons. The topological polar surface area (TPSA) is 74.3 Å². The van der Waals surface area contributed by atoms with E-state index < -0.39 is 11.6 Å². The quantitative estimate of drug-likeness (QED) is 0.709. The smallest absolute Gasteiger partial charge is 0.354 e. The first kappa shape index (κ1) is 15.3. The van der Waals surface area contributed by atoms with E-state index in [9.17, 15) is 9.90 Å². The second-order valence-corrected chi connectivity index (χ2v) is 5.16. The van der Waals surface area contributed by atoms with Gasteiger partial charge in [0, 0.05) is 19.3 Å². The van der Waals surface area contributed by atoms with Crippen molar-refractivity contribution < 1.29 is 14.6 Å². The number of benzene rings is 1. The summed E-state index contributed by atoms with van der Waals surface area (Å²) in [6, 6.07) is 11.2. The van der Waals surface area contributed by atoms with Crippen LogP contribution in [0.15, 0.2) is 42.6 Å². The molecule has 1 aromatic heterocycles. The Morgan fingerprint density at radius 3 is 2.76 bits per heavy atom. The Hall–Kier alpha value is -2.11. The third-order valence-corrected chi connectivity index (χ3v) is 3.34. The van der Waals surface area contributed by atoms with Gasteiger partial charge in [-0.2, -0.15) is 0 Å². The van der Waals surface area contributed by atoms with Gasteiger partial charge >= 0.3 is 5.97 Å². The van der Waals surface area contributed by atoms with Crippen LogP contribution < -0.4 is 5.32 Å². The van der Waals surface area contributed by atoms with Gasteiger partial charge in [0.15, 0.2) is 0 Å². The predicted molar refractivity (Wildman–Crippen MR) is 79.9 cm³/mol. The highest BCUT2D eigenvalue weighted by atomic mass is 16.5. The summed E-state index contributed by atoms with van der Waals surface area (Å²) in [4.78, 5) is 14.2. The molecule has 0 spiro atoms. The van der Waals surface area contributed by atoms with E-state index in [2.05, 4.69) is 15.0 Å². The lowest BCUT2D eigenvalue weighted by Gasteiger charge is -2.24. The molecule has 112 valence electrons. The third kappa shape index (κ3) is 3.93. The number of aliphatic hydroxyl groups is 1. The van der Waals surface area contributed by atoms with Gasteiger partial charge in [-0.15, -0.1) is 0 Å². The maximum absolute atomic E-state index is 11.3. The van der Waals surface area contributed by atoms with E-state index in [-0.39, 0.29) is 0 Å². The first-order valence-corrected chi connectivity index (χ1v) is 6.77. The van der Waals surface area contributed by atoms with Crippen LogP contribution in [-0.4, -0.2) is 29.7 Å². The number of hydrogen-bond acceptors (Lipinski definition) is 4. The average molecular weight is 288 g/mol. The van der Waals surface area contributed by atoms with Gasteiger partial charge in [-0.25, -0.2) is 4.79 Å². The lowest BCUT2D eigenvalue weighted by molar-refractivity contribution is 0.0564. The zero-order valence-corrected chi connectivity index (χ0v) is 12.2. The molecule has 0 bridgehead atoms. The highest BCUT2D eigenvalue weighted by molar-refractivity contribution is 5.87. The molecule has 0 amide bonds. The van der Waals surface area contributed by atoms with E-state index in [1.54, 1.807) is 19.2 Å². The van der Waals surface area contributed by atoms with Crippen molar-refractivity contribution in [2.24, 2.45) is 0 Å². The second kappa shape index (κ2) is 6.56. The van der Waals surface area contributed by atoms with Gasteiger partial charge < -0.3 is 20.1 Å². The minimum absolute atomic E-state index is 0.391. The van der Waals surface area contributed by atoms with Crippen LogP contribution in [0.2, 0.25) is 0 Å². The standard InChI is InChI=1S/C16H20N2O3/c1-16(20,13-6-4-3-5-7-13)11-17-9-12-8-14(18-10-12)15(19)21-2/h3-8,10,17-18,20H,9,11H2,1-2H3. The number of esters is 1. The number of hydrogen-bond donors (Lipinski definition) is 3. The molecule has 2 rings (SSSR count). The molecule has 5 heteroatoms. The van der Waals surface area contributed by atoms with Gasteiger partial charge in [0.25, 0.3) is 0 Å². The van der Waals surface area contributed by atoms with Gasteiger partial charge in [0.05, 0.1) is 12.7 Å². The Kier molecular flexibility index (Phi) is 4.77. The largest absolute Gasteiger partial charge is 0.464 e. The summed E-state index contributed by atoms with van der Waals surface area (Å²) in [5.41, 5.74) is 1.27. The first-order chi connectivity index (χ1) is 10.0. The van der Waals surface area contributed by atoms with Crippen molar-refractivity contribution >= 4 is 5.97 Å². The SMILES string of the molecule is COC(=O)c1cc(CNCC(C)(O)c2ccccc2)c[nH]1. The Morgan fingerprint density at radius 2 is 2.10 bits per heavy atom. The van der Waals surface area contributed by atoms with E-state index in [0.29, 0.717) is 18.8 Å². The average Bonchev–Trinajstić information content (AvgIpc) is 2.96. The summed E-state index contributed by atoms with van der Waals surface area (Å²) in [7, 11) is 1.35. The minimum Gasteiger partial charge on any atom is -0.464 e. The van der Waals surface area contributed by atoms with Gasteiger partial charge in [-0.05, 0) is 24.1 Å². The molecule has 1 heterocycles. The number of carbonyl (C=O) groups is 1. The van der Waals surface area contributed by atoms with Crippen LogP contribution in [0.4, 0.5) is 0 Å². The summed E-state index contributed by atoms with van der Waals surface area (Å²) in [5, 5.41) is 13.6. The van der Waals surface area contributed by atoms with E-state index in [0.717, 1.165) is 11.1 Å². The maximum atomic E-state index is 11.3. The van der Waals surface area contributed by atoms with Gasteiger partial charge in [0.1, 0.15) is 5.69 Å². The van der Waals surface area contributed by atoms with Crippen LogP contribution in [-0.2, 0) is 16.9 Å². The number of aromatic amines is 1. The predicted octanol–water partition coefficient (Wildman–Crippen LogP) is 1.80. The van der Waals surface area contributed by atoms with E-state index in [1.807, 2.05) is 30.3 Å². The first-order valence-electron chi connectivity index (χ1n) is 6.77. The van der Waals surface area contributed by atoms with Crippen molar-refractivity contribution in [1.82, 2.24) is 10.3 Å². The molecule has 0 fully saturated rings. The summed E-state index contributed by atoms with van der Waals surface area (Å²) < 4.78 is 4.64. The molecule has 0 saturated heterocycles. The molecule has 0 aliphatic carbocycles. The molecule has 1 atom stereocenters. The molecule has 1 unspecified atom stereocenters. The number of rotatable bonds is 6. The number of ether oxygens (including phenoxy) is 1. The van der Waals surface area contributed by atoms with Gasteiger partial charge in [0.2, 0.25) is 0 Å². The highest BCUT2D eigenvalue weighted by Crippen LogP contribution is 2.19. The highest BCUT2D eigenvalue weighted by Gasteiger charge is 2.22. The van der Waals surface area contributed by atoms with Crippen LogP contribution in [0.3, 0.4) is 0 Å². The molecule has 21 heavy (non-hydrogen) atoms. The summed E-state index contributed by atoms with van der Waals surface area (Å²) >= 11 is 0. The monoisotopic (exact) mass is 288 g/mol. The number of nitrogens with one attached hydrogen (secondary N) is 2. The maximum Gasteiger partial charge on any atom is 0.354 e. The van der Waals surface area contributed by atoms with Gasteiger partial charge in [-0.3, -0.25) is 0 Å². The molecular weight excluding hydrogens is 268 g/mol. The fourth-order valence-corrected chi connectivity index (χ4v) is 2.12. The molecule has 5 nitrogen and oxygen atoms in total. The molecule has 3 N–H and O–H groups in total. The molecular formula is C16H20N2O3. The van der Waals surface area contributed by atoms with Crippen LogP contribution >= 0.6 is 0 Å². The van der Waals surface area contributed by atoms with E-state index in [1.165, 1.54) is 7.11 Å². The van der Waals surface area contributed by atoms with Crippen molar-refractivity contribution in [2.75, 3.05) is 13.7 Å². The normalized spacial score (nSPS) is 13.7. The summed E-state index contributed by atoms with van der Waals surface area (Å²) in [6.45, 7) is 2.73. The Morgan fingerprint density at radius 1 is 1.38 bits per heavy atom. The number of carbonyl (C=O) groups excluding carboxylic acids is 1. The molecule has 0 saturated carbocycles. The third-order valence-electron chi connectivity index (χ3n) is 3.34. The van der Waals surface area contributed by atoms with Crippen LogP contribution in [0.5, 0.6) is 0 Å². The van der Waals surface area contributed by atoms with Crippen molar-refractivity contribution in [2.45, 2.75) is 19.1 Å². The number of aromatic nitrogens is 1. The molecule has 2 aromatic rings. The summed E-state index contributed by atoms with van der Waals surface area (Å²) in [6.07, 6.45) is 1.75.